The van der Waals surface area contributed by atoms with Gasteiger partial charge in [-0.05, 0) is 64.2 Å². The summed E-state index contributed by atoms with van der Waals surface area (Å²) >= 11 is 0. The van der Waals surface area contributed by atoms with E-state index in [1.165, 1.54) is 0 Å². The summed E-state index contributed by atoms with van der Waals surface area (Å²) < 4.78 is 471. The maximum atomic E-state index is 19.4. The molecule has 0 aliphatic carbocycles. The van der Waals surface area contributed by atoms with Gasteiger partial charge in [-0.15, -0.1) is 55.0 Å². The third-order valence-electron chi connectivity index (χ3n) is 15.0. The van der Waals surface area contributed by atoms with Gasteiger partial charge in [0, 0.05) is 44.3 Å². The van der Waals surface area contributed by atoms with E-state index in [0.717, 1.165) is 69.2 Å². The first-order chi connectivity index (χ1) is 46.8. The molecule has 4 atom stereocenters. The average molecular weight is 1750 g/mol. The fraction of sp³-hybridized carbons (Fsp3) is 1.00. The van der Waals surface area contributed by atoms with E-state index in [9.17, 15) is 89.1 Å². The first-order valence-electron chi connectivity index (χ1n) is 31.9. The van der Waals surface area contributed by atoms with Gasteiger partial charge in [0.05, 0.1) is 55.1 Å². The van der Waals surface area contributed by atoms with Crippen molar-refractivity contribution in [1.29, 1.82) is 0 Å². The molecule has 0 fully saturated rings. The minimum atomic E-state index is -8.77. The van der Waals surface area contributed by atoms with E-state index in [1.807, 2.05) is 0 Å². The van der Waals surface area contributed by atoms with Gasteiger partial charge < -0.3 is 0 Å². The molecule has 0 aliphatic heterocycles. The summed E-state index contributed by atoms with van der Waals surface area (Å²) in [5.41, 5.74) is 0. The van der Waals surface area contributed by atoms with Gasteiger partial charge in [-0.2, -0.15) is 16.8 Å². The molecular weight excluding hydrogens is 1650 g/mol. The highest BCUT2D eigenvalue weighted by Crippen LogP contribution is 2.60. The Morgan fingerprint density at radius 1 is 0.291 bits per heavy atom. The summed E-state index contributed by atoms with van der Waals surface area (Å²) in [6.07, 6.45) is -17.5. The lowest BCUT2D eigenvalue weighted by Gasteiger charge is -2.52. The fourth-order valence-electron chi connectivity index (χ4n) is 8.79. The number of quaternary nitrogens is 2. The van der Waals surface area contributed by atoms with Crippen LogP contribution in [0.5, 0.6) is 0 Å². The highest BCUT2D eigenvalue weighted by atomic mass is 32.2. The molecule has 4 unspecified atom stereocenters. The van der Waals surface area contributed by atoms with Crippen LogP contribution in [0.15, 0.2) is 0 Å². The highest BCUT2D eigenvalue weighted by molar-refractivity contribution is 7.92. The van der Waals surface area contributed by atoms with Crippen LogP contribution in [0.25, 0.3) is 0 Å². The molecule has 0 aromatic carbocycles. The molecule has 0 rings (SSSR count). The molecule has 0 aromatic heterocycles. The van der Waals surface area contributed by atoms with Crippen molar-refractivity contribution >= 4 is 108 Å². The summed E-state index contributed by atoms with van der Waals surface area (Å²) in [6, 6.07) is 0. The van der Waals surface area contributed by atoms with Crippen molar-refractivity contribution in [3.8, 4) is 0 Å². The Labute approximate surface area is 598 Å². The summed E-state index contributed by atoms with van der Waals surface area (Å²) in [6.45, 7) is 10.2. The van der Waals surface area contributed by atoms with Crippen LogP contribution in [0.2, 0.25) is 0 Å². The van der Waals surface area contributed by atoms with Crippen LogP contribution in [0.3, 0.4) is 0 Å². The van der Waals surface area contributed by atoms with E-state index < -0.39 is 376 Å². The van der Waals surface area contributed by atoms with Crippen LogP contribution in [0, 0.1) is 0 Å². The van der Waals surface area contributed by atoms with Crippen molar-refractivity contribution in [2.75, 3.05) is 71.6 Å². The number of nitrogens with zero attached hydrogens (tertiary/aromatic N) is 10. The molecule has 0 saturated carbocycles. The SMILES string of the molecule is CCCCS(=O)(=O)N(F)C(N(F)S(=O)(=O)CCCC)(N(F)S(=O)(=O)CCCC)C(OOP(=O)(O)OOC(N(F)S(=O)(=O)CCCC)(C(N(F)S(=O)(=O)CCCC)(N(F)S(=O)(=O)CCCC)N(F)S(=O)(=O)CCCC)[N+](C)(F)S(=O)(=O)CCCC)(N(F)S(=O)(=O)CCCC)[N+](C)(F)S(=O)(=O)CCCC. The number of likely N-dealkylation sites (N-methyl/N-ethyl adjacent to an activating group) is 2. The van der Waals surface area contributed by atoms with Gasteiger partial charge in [-0.3, -0.25) is 4.89 Å². The van der Waals surface area contributed by atoms with Crippen LogP contribution < -0.4 is 0 Å². The molecule has 103 heavy (non-hydrogen) atoms. The lowest BCUT2D eigenvalue weighted by atomic mass is 10.2. The zero-order valence-electron chi connectivity index (χ0n) is 58.6. The lowest BCUT2D eigenvalue weighted by molar-refractivity contribution is -1.04. The molecular formula is C46H97F10N10O26PS10+2. The van der Waals surface area contributed by atoms with Crippen LogP contribution in [-0.4, -0.2) is 228 Å². The summed E-state index contributed by atoms with van der Waals surface area (Å²) in [4.78, 5) is 20.5. The van der Waals surface area contributed by atoms with Crippen LogP contribution >= 0.6 is 7.82 Å². The molecule has 1 N–H and O–H groups in total. The summed E-state index contributed by atoms with van der Waals surface area (Å²) in [7, 11) is -82.7. The number of phosphoric acid groups is 1. The Bertz CT molecular complexity index is 3530. The highest BCUT2D eigenvalue weighted by Gasteiger charge is 2.94. The normalized spacial score (nSPS) is 17.4. The molecule has 0 spiro atoms. The van der Waals surface area contributed by atoms with E-state index in [4.69, 9.17) is 0 Å². The minimum absolute atomic E-state index is 0.586. The Kier molecular flexibility index (Phi) is 39.0. The van der Waals surface area contributed by atoms with Gasteiger partial charge in [-0.1, -0.05) is 133 Å². The van der Waals surface area contributed by atoms with Crippen molar-refractivity contribution in [1.82, 2.24) is 36.2 Å². The van der Waals surface area contributed by atoms with Crippen LogP contribution in [-0.2, 0) is 124 Å². The second kappa shape index (κ2) is 39.6. The topological polar surface area (TPSA) is 442 Å². The van der Waals surface area contributed by atoms with E-state index in [0.29, 0.717) is 0 Å². The van der Waals surface area contributed by atoms with Gasteiger partial charge in [0.2, 0.25) is 80.2 Å². The van der Waals surface area contributed by atoms with Crippen LogP contribution in [0.4, 0.5) is 44.8 Å². The Hall–Kier alpha value is -1.57. The Balaban J connectivity index is 12.0. The van der Waals surface area contributed by atoms with Crippen molar-refractivity contribution in [3.63, 3.8) is 0 Å². The Morgan fingerprint density at radius 3 is 0.573 bits per heavy atom. The Morgan fingerprint density at radius 2 is 0.427 bits per heavy atom. The number of sulfonamides is 10. The predicted octanol–water partition coefficient (Wildman–Crippen LogP) is 7.05. The quantitative estimate of drug-likeness (QED) is 0.0159. The number of unbranched alkanes of at least 4 members (excludes halogenated alkanes) is 10. The second-order valence-electron chi connectivity index (χ2n) is 23.3. The van der Waals surface area contributed by atoms with Gasteiger partial charge >= 0.3 is 51.1 Å². The number of rotatable bonds is 58. The first kappa shape index (κ1) is 101. The molecule has 0 aromatic rings. The van der Waals surface area contributed by atoms with Gasteiger partial charge in [0.1, 0.15) is 25.6 Å². The maximum absolute atomic E-state index is 19.4. The zero-order chi connectivity index (χ0) is 81.2. The fourth-order valence-corrected chi connectivity index (χ4v) is 24.6. The van der Waals surface area contributed by atoms with Gasteiger partial charge in [0.25, 0.3) is 0 Å². The smallest absolute Gasteiger partial charge is 0.299 e. The number of hydrogen-bond acceptors (Lipinski definition) is 25. The molecule has 0 bridgehead atoms. The largest absolute Gasteiger partial charge is 0.527 e. The molecule has 57 heteroatoms. The first-order valence-corrected chi connectivity index (χ1v) is 49.5. The minimum Gasteiger partial charge on any atom is -0.299 e. The molecule has 0 radical (unpaired) electrons. The van der Waals surface area contributed by atoms with E-state index >= 15 is 49.4 Å². The van der Waals surface area contributed by atoms with E-state index in [-0.39, 0.29) is 0 Å². The summed E-state index contributed by atoms with van der Waals surface area (Å²) in [5.74, 6) is -51.1. The molecule has 0 heterocycles. The van der Waals surface area contributed by atoms with E-state index in [1.54, 1.807) is 0 Å². The van der Waals surface area contributed by atoms with Crippen molar-refractivity contribution in [3.05, 3.63) is 0 Å². The van der Waals surface area contributed by atoms with Crippen molar-refractivity contribution in [2.24, 2.45) is 0 Å². The summed E-state index contributed by atoms with van der Waals surface area (Å²) in [5, 5.41) is 0. The number of halogens is 10. The average Bonchev–Trinajstić information content (AvgIpc) is 0.674. The second-order valence-corrected chi connectivity index (χ2v) is 44.2. The third kappa shape index (κ3) is 21.6. The van der Waals surface area contributed by atoms with Gasteiger partial charge in [0.15, 0.2) is 0 Å². The molecule has 0 saturated heterocycles. The molecule has 620 valence electrons. The lowest BCUT2D eigenvalue weighted by Crippen LogP contribution is -2.89. The predicted molar refractivity (Wildman–Crippen MR) is 350 cm³/mol. The molecule has 36 nitrogen and oxygen atoms in total. The standard InChI is InChI=1S/C46H96F10N10O26PS10/c1-13-23-33-94(69,70)57(47)43(58(48)95(71,72)34-24-14-2,59(49)96(73,74)35-25-15-3)45(63(53)100(81,82)39-29-19-7,65(11,55)102(85,86)41-31-21-9)89-91-93(67,68)92-90-46(64(54)101(83,84)40-30-20-8,66(12,56)103(87,88)42-32-22-10)44(60(50)97(75,76)36-26-16-4,61(51)98(77,78)37-27-17-5)62(52)99(79,80)38-28-18-6/h13-42H2,1-12H3/q+1/p+1. The van der Waals surface area contributed by atoms with Gasteiger partial charge in [-0.25, -0.2) is 71.9 Å². The maximum Gasteiger partial charge on any atom is 0.527 e. The van der Waals surface area contributed by atoms with Crippen LogP contribution in [0.1, 0.15) is 198 Å². The molecule has 0 amide bonds. The third-order valence-corrected chi connectivity index (χ3v) is 32.0. The van der Waals surface area contributed by atoms with Crippen molar-refractivity contribution in [2.45, 2.75) is 221 Å². The molecule has 0 aliphatic rings. The van der Waals surface area contributed by atoms with E-state index in [2.05, 4.69) is 19.1 Å². The number of hydrogen-bond donors (Lipinski definition) is 1. The monoisotopic (exact) mass is 1750 g/mol. The zero-order valence-corrected chi connectivity index (χ0v) is 67.7. The van der Waals surface area contributed by atoms with Crippen molar-refractivity contribution < 1.29 is 166 Å².